The summed E-state index contributed by atoms with van der Waals surface area (Å²) in [5.41, 5.74) is 3.68. The predicted octanol–water partition coefficient (Wildman–Crippen LogP) is 3.19. The van der Waals surface area contributed by atoms with Crippen molar-refractivity contribution in [3.63, 3.8) is 0 Å². The number of quaternary nitrogens is 1. The van der Waals surface area contributed by atoms with Gasteiger partial charge in [0.25, 0.3) is 11.8 Å². The lowest BCUT2D eigenvalue weighted by Crippen LogP contribution is -3.17. The number of piperidine rings is 1. The molecule has 1 saturated heterocycles. The van der Waals surface area contributed by atoms with E-state index >= 15 is 0 Å². The number of likely N-dealkylation sites (tertiary alicyclic amines) is 1. The molecule has 29 heavy (non-hydrogen) atoms. The minimum absolute atomic E-state index is 0.0123. The number of nitrogens with one attached hydrogen (secondary N) is 3. The largest absolute Gasteiger partial charge is 0.325 e. The first-order chi connectivity index (χ1) is 14.0. The Kier molecular flexibility index (Phi) is 6.01. The first-order valence-electron chi connectivity index (χ1n) is 10.7. The Balaban J connectivity index is 1.51. The van der Waals surface area contributed by atoms with Crippen molar-refractivity contribution >= 4 is 33.8 Å². The molecule has 4 rings (SSSR count). The van der Waals surface area contributed by atoms with E-state index in [1.807, 2.05) is 31.2 Å². The van der Waals surface area contributed by atoms with Crippen LogP contribution in [0.25, 0.3) is 0 Å². The van der Waals surface area contributed by atoms with Crippen LogP contribution >= 0.6 is 11.3 Å². The number of benzene rings is 1. The summed E-state index contributed by atoms with van der Waals surface area (Å²) in [5, 5.41) is 6.83. The highest BCUT2D eigenvalue weighted by Gasteiger charge is 2.29. The molecule has 1 aliphatic heterocycles. The molecule has 2 amide bonds. The summed E-state index contributed by atoms with van der Waals surface area (Å²) in [6, 6.07) is 8.33. The third-order valence-corrected chi connectivity index (χ3v) is 7.35. The van der Waals surface area contributed by atoms with Gasteiger partial charge in [-0.1, -0.05) is 12.1 Å². The predicted molar refractivity (Wildman–Crippen MR) is 118 cm³/mol. The minimum atomic E-state index is -0.121. The van der Waals surface area contributed by atoms with Crippen LogP contribution in [-0.4, -0.2) is 30.9 Å². The van der Waals surface area contributed by atoms with Crippen molar-refractivity contribution in [1.82, 2.24) is 0 Å². The topological polar surface area (TPSA) is 62.6 Å². The Bertz CT molecular complexity index is 921. The molecule has 0 radical (unpaired) electrons. The second-order valence-corrected chi connectivity index (χ2v) is 9.52. The molecule has 1 aromatic heterocycles. The van der Waals surface area contributed by atoms with Crippen LogP contribution in [0, 0.1) is 6.92 Å². The van der Waals surface area contributed by atoms with Gasteiger partial charge < -0.3 is 15.5 Å². The van der Waals surface area contributed by atoms with Gasteiger partial charge in [-0.3, -0.25) is 9.59 Å². The zero-order valence-electron chi connectivity index (χ0n) is 17.3. The van der Waals surface area contributed by atoms with Crippen LogP contribution in [-0.2, 0) is 17.6 Å². The molecular weight excluding hydrogens is 382 g/mol. The molecule has 0 saturated carbocycles. The normalized spacial score (nSPS) is 20.9. The first kappa shape index (κ1) is 20.1. The number of anilines is 2. The number of thiophene rings is 1. The van der Waals surface area contributed by atoms with Gasteiger partial charge in [-0.25, -0.2) is 0 Å². The quantitative estimate of drug-likeness (QED) is 0.706. The average molecular weight is 413 g/mol. The van der Waals surface area contributed by atoms with Gasteiger partial charge in [-0.15, -0.1) is 11.3 Å². The van der Waals surface area contributed by atoms with Crippen molar-refractivity contribution in [2.45, 2.75) is 58.4 Å². The number of aryl methyl sites for hydroxylation is 2. The summed E-state index contributed by atoms with van der Waals surface area (Å²) in [6.45, 7) is 5.76. The van der Waals surface area contributed by atoms with E-state index in [4.69, 9.17) is 0 Å². The van der Waals surface area contributed by atoms with Crippen molar-refractivity contribution < 1.29 is 14.5 Å². The molecule has 0 bridgehead atoms. The van der Waals surface area contributed by atoms with Crippen LogP contribution in [0.1, 0.15) is 59.0 Å². The second kappa shape index (κ2) is 8.67. The molecule has 5 nitrogen and oxygen atoms in total. The Morgan fingerprint density at radius 3 is 2.83 bits per heavy atom. The third kappa shape index (κ3) is 4.54. The third-order valence-electron chi connectivity index (χ3n) is 6.15. The fourth-order valence-electron chi connectivity index (χ4n) is 4.54. The number of carbonyl (C=O) groups excluding carboxylic acids is 2. The summed E-state index contributed by atoms with van der Waals surface area (Å²) in [7, 11) is 0. The van der Waals surface area contributed by atoms with E-state index in [0.29, 0.717) is 23.2 Å². The first-order valence-corrected chi connectivity index (χ1v) is 11.5. The maximum atomic E-state index is 13.1. The summed E-state index contributed by atoms with van der Waals surface area (Å²) in [5.74, 6) is -0.109. The van der Waals surface area contributed by atoms with Gasteiger partial charge in [0, 0.05) is 10.6 Å². The number of hydrogen-bond acceptors (Lipinski definition) is 3. The van der Waals surface area contributed by atoms with E-state index in [9.17, 15) is 9.59 Å². The van der Waals surface area contributed by atoms with Crippen LogP contribution in [0.5, 0.6) is 0 Å². The zero-order chi connectivity index (χ0) is 20.4. The van der Waals surface area contributed by atoms with Crippen molar-refractivity contribution in [3.8, 4) is 0 Å². The van der Waals surface area contributed by atoms with Gasteiger partial charge >= 0.3 is 0 Å². The monoisotopic (exact) mass is 412 g/mol. The number of amides is 2. The van der Waals surface area contributed by atoms with E-state index in [1.54, 1.807) is 11.3 Å². The fourth-order valence-corrected chi connectivity index (χ4v) is 5.84. The van der Waals surface area contributed by atoms with Crippen LogP contribution in [0.2, 0.25) is 0 Å². The number of fused-ring (bicyclic) bond motifs is 1. The Morgan fingerprint density at radius 1 is 1.17 bits per heavy atom. The van der Waals surface area contributed by atoms with Crippen molar-refractivity contribution in [2.24, 2.45) is 0 Å². The maximum absolute atomic E-state index is 13.1. The zero-order valence-corrected chi connectivity index (χ0v) is 18.1. The second-order valence-electron chi connectivity index (χ2n) is 8.42. The summed E-state index contributed by atoms with van der Waals surface area (Å²) < 4.78 is 0. The molecule has 2 atom stereocenters. The van der Waals surface area contributed by atoms with Gasteiger partial charge in [0.05, 0.1) is 18.2 Å². The van der Waals surface area contributed by atoms with Crippen molar-refractivity contribution in [1.29, 1.82) is 0 Å². The lowest BCUT2D eigenvalue weighted by atomic mass is 10.0. The van der Waals surface area contributed by atoms with Gasteiger partial charge in [-0.05, 0) is 75.6 Å². The molecule has 2 aromatic rings. The molecule has 1 aromatic carbocycles. The fraction of sp³-hybridized carbons (Fsp3) is 0.478. The van der Waals surface area contributed by atoms with Crippen LogP contribution in [0.4, 0.5) is 10.7 Å². The highest BCUT2D eigenvalue weighted by atomic mass is 32.1. The van der Waals surface area contributed by atoms with E-state index < -0.39 is 0 Å². The minimum Gasteiger partial charge on any atom is -0.325 e. The number of carbonyl (C=O) groups is 2. The maximum Gasteiger partial charge on any atom is 0.280 e. The van der Waals surface area contributed by atoms with E-state index in [2.05, 4.69) is 17.6 Å². The van der Waals surface area contributed by atoms with E-state index in [-0.39, 0.29) is 11.8 Å². The number of rotatable bonds is 5. The van der Waals surface area contributed by atoms with Crippen LogP contribution < -0.4 is 15.5 Å². The van der Waals surface area contributed by atoms with Crippen molar-refractivity contribution in [3.05, 3.63) is 45.8 Å². The molecule has 0 spiro atoms. The lowest BCUT2D eigenvalue weighted by molar-refractivity contribution is -0.920. The summed E-state index contributed by atoms with van der Waals surface area (Å²) in [6.07, 6.45) is 6.61. The van der Waals surface area contributed by atoms with Crippen LogP contribution in [0.3, 0.4) is 0 Å². The molecule has 1 aliphatic carbocycles. The molecular formula is C23H30N3O2S+. The molecule has 1 fully saturated rings. The standard InChI is InChI=1S/C23H29N3O2S/c1-15-7-5-9-17(13-15)24-22(28)21-18-10-6-11-19(18)29-23(21)25-20(27)14-26-12-4-3-8-16(26)2/h5,7,9,13,16H,3-4,6,8,10-12,14H2,1-2H3,(H,24,28)(H,25,27)/p+1/t16-/m0/s1. The lowest BCUT2D eigenvalue weighted by Gasteiger charge is -2.29. The van der Waals surface area contributed by atoms with E-state index in [0.717, 1.165) is 42.6 Å². The van der Waals surface area contributed by atoms with Crippen LogP contribution in [0.15, 0.2) is 24.3 Å². The average Bonchev–Trinajstić information content (AvgIpc) is 3.24. The Morgan fingerprint density at radius 2 is 2.03 bits per heavy atom. The molecule has 1 unspecified atom stereocenters. The van der Waals surface area contributed by atoms with Gasteiger partial charge in [0.1, 0.15) is 5.00 Å². The SMILES string of the molecule is Cc1cccc(NC(=O)c2c(NC(=O)C[NH+]3CCCC[C@@H]3C)sc3c2CCC3)c1. The summed E-state index contributed by atoms with van der Waals surface area (Å²) in [4.78, 5) is 28.5. The van der Waals surface area contributed by atoms with Gasteiger partial charge in [-0.2, -0.15) is 0 Å². The molecule has 6 heteroatoms. The Hall–Kier alpha value is -2.18. The van der Waals surface area contributed by atoms with Gasteiger partial charge in [0.15, 0.2) is 6.54 Å². The summed E-state index contributed by atoms with van der Waals surface area (Å²) >= 11 is 1.58. The molecule has 3 N–H and O–H groups in total. The highest BCUT2D eigenvalue weighted by Crippen LogP contribution is 2.39. The van der Waals surface area contributed by atoms with Crippen molar-refractivity contribution in [2.75, 3.05) is 23.7 Å². The highest BCUT2D eigenvalue weighted by molar-refractivity contribution is 7.17. The number of hydrogen-bond donors (Lipinski definition) is 3. The molecule has 2 aliphatic rings. The van der Waals surface area contributed by atoms with E-state index in [1.165, 1.54) is 29.0 Å². The molecule has 154 valence electrons. The van der Waals surface area contributed by atoms with Gasteiger partial charge in [0.2, 0.25) is 0 Å². The smallest absolute Gasteiger partial charge is 0.280 e. The molecule has 2 heterocycles. The Labute approximate surface area is 176 Å².